The van der Waals surface area contributed by atoms with Crippen molar-refractivity contribution in [2.45, 2.75) is 26.3 Å². The summed E-state index contributed by atoms with van der Waals surface area (Å²) in [6, 6.07) is 10.6. The standard InChI is InChI=1S/C20H20N4O5/c1-12-4-7-14(8-5-12)20(3)18(26)23(19(27)22-20)11-17(25)21-16-10-15(24(28)29)9-6-13(16)2/h4-10H,11H2,1-3H3,(H,21,25)(H,22,27)/t20-/m0/s1. The molecule has 2 aromatic rings. The van der Waals surface area contributed by atoms with Gasteiger partial charge < -0.3 is 10.6 Å². The highest BCUT2D eigenvalue weighted by Gasteiger charge is 2.49. The van der Waals surface area contributed by atoms with Crippen LogP contribution in [0.4, 0.5) is 16.2 Å². The van der Waals surface area contributed by atoms with Crippen molar-refractivity contribution < 1.29 is 19.3 Å². The first kappa shape index (κ1) is 20.0. The van der Waals surface area contributed by atoms with Crippen molar-refractivity contribution in [3.8, 4) is 0 Å². The second-order valence-electron chi connectivity index (χ2n) is 7.12. The topological polar surface area (TPSA) is 122 Å². The lowest BCUT2D eigenvalue weighted by molar-refractivity contribution is -0.384. The summed E-state index contributed by atoms with van der Waals surface area (Å²) in [4.78, 5) is 48.9. The van der Waals surface area contributed by atoms with E-state index in [4.69, 9.17) is 0 Å². The molecule has 3 rings (SSSR count). The van der Waals surface area contributed by atoms with Crippen LogP contribution < -0.4 is 10.6 Å². The summed E-state index contributed by atoms with van der Waals surface area (Å²) in [7, 11) is 0. The van der Waals surface area contributed by atoms with E-state index >= 15 is 0 Å². The van der Waals surface area contributed by atoms with E-state index in [9.17, 15) is 24.5 Å². The molecule has 9 nitrogen and oxygen atoms in total. The van der Waals surface area contributed by atoms with Gasteiger partial charge in [-0.2, -0.15) is 0 Å². The number of imide groups is 1. The fourth-order valence-corrected chi connectivity index (χ4v) is 3.11. The molecule has 0 aliphatic carbocycles. The number of carbonyl (C=O) groups excluding carboxylic acids is 3. The third-order valence-electron chi connectivity index (χ3n) is 4.91. The van der Waals surface area contributed by atoms with E-state index in [-0.39, 0.29) is 11.4 Å². The Balaban J connectivity index is 1.77. The number of benzene rings is 2. The lowest BCUT2D eigenvalue weighted by Gasteiger charge is -2.22. The Morgan fingerprint density at radius 1 is 1.17 bits per heavy atom. The van der Waals surface area contributed by atoms with Crippen molar-refractivity contribution in [2.24, 2.45) is 0 Å². The van der Waals surface area contributed by atoms with E-state index in [2.05, 4.69) is 10.6 Å². The molecule has 1 atom stereocenters. The van der Waals surface area contributed by atoms with E-state index in [1.165, 1.54) is 18.2 Å². The maximum absolute atomic E-state index is 12.9. The van der Waals surface area contributed by atoms with Gasteiger partial charge >= 0.3 is 6.03 Å². The zero-order valence-electron chi connectivity index (χ0n) is 16.2. The van der Waals surface area contributed by atoms with Crippen molar-refractivity contribution >= 4 is 29.2 Å². The number of nitro benzene ring substituents is 1. The van der Waals surface area contributed by atoms with Crippen LogP contribution in [0.25, 0.3) is 0 Å². The molecule has 29 heavy (non-hydrogen) atoms. The van der Waals surface area contributed by atoms with Crippen LogP contribution in [0.5, 0.6) is 0 Å². The van der Waals surface area contributed by atoms with Crippen molar-refractivity contribution in [3.63, 3.8) is 0 Å². The molecule has 2 aromatic carbocycles. The van der Waals surface area contributed by atoms with Crippen LogP contribution in [0.2, 0.25) is 0 Å². The molecule has 0 unspecified atom stereocenters. The van der Waals surface area contributed by atoms with E-state index in [1.54, 1.807) is 26.0 Å². The van der Waals surface area contributed by atoms with Crippen molar-refractivity contribution in [1.82, 2.24) is 10.2 Å². The molecule has 1 aliphatic heterocycles. The van der Waals surface area contributed by atoms with Gasteiger partial charge in [-0.15, -0.1) is 0 Å². The summed E-state index contributed by atoms with van der Waals surface area (Å²) in [5, 5.41) is 16.1. The lowest BCUT2D eigenvalue weighted by Crippen LogP contribution is -2.42. The normalized spacial score (nSPS) is 18.5. The van der Waals surface area contributed by atoms with Crippen LogP contribution in [-0.4, -0.2) is 34.2 Å². The van der Waals surface area contributed by atoms with Gasteiger partial charge in [0.2, 0.25) is 5.91 Å². The molecule has 150 valence electrons. The van der Waals surface area contributed by atoms with Crippen LogP contribution in [0, 0.1) is 24.0 Å². The number of urea groups is 1. The number of anilines is 1. The average molecular weight is 396 g/mol. The first-order valence-electron chi connectivity index (χ1n) is 8.88. The fraction of sp³-hybridized carbons (Fsp3) is 0.250. The molecule has 1 fully saturated rings. The maximum atomic E-state index is 12.9. The lowest BCUT2D eigenvalue weighted by atomic mass is 9.91. The van der Waals surface area contributed by atoms with Gasteiger partial charge in [0, 0.05) is 12.1 Å². The molecular formula is C20H20N4O5. The predicted octanol–water partition coefficient (Wildman–Crippen LogP) is 2.62. The highest BCUT2D eigenvalue weighted by atomic mass is 16.6. The van der Waals surface area contributed by atoms with Gasteiger partial charge in [0.25, 0.3) is 11.6 Å². The zero-order chi connectivity index (χ0) is 21.3. The van der Waals surface area contributed by atoms with Gasteiger partial charge in [-0.1, -0.05) is 35.9 Å². The molecule has 1 aliphatic rings. The number of aryl methyl sites for hydroxylation is 2. The minimum absolute atomic E-state index is 0.173. The number of non-ortho nitro benzene ring substituents is 1. The molecule has 0 aromatic heterocycles. The Bertz CT molecular complexity index is 1020. The highest BCUT2D eigenvalue weighted by molar-refractivity contribution is 6.10. The van der Waals surface area contributed by atoms with Gasteiger partial charge in [-0.25, -0.2) is 4.79 Å². The molecule has 9 heteroatoms. The summed E-state index contributed by atoms with van der Waals surface area (Å²) in [5.74, 6) is -1.18. The highest BCUT2D eigenvalue weighted by Crippen LogP contribution is 2.29. The van der Waals surface area contributed by atoms with E-state index in [0.29, 0.717) is 11.1 Å². The summed E-state index contributed by atoms with van der Waals surface area (Å²) in [5.41, 5.74) is 1.04. The predicted molar refractivity (Wildman–Crippen MR) is 105 cm³/mol. The Labute approximate surface area is 166 Å². The summed E-state index contributed by atoms with van der Waals surface area (Å²) < 4.78 is 0. The van der Waals surface area contributed by atoms with Crippen molar-refractivity contribution in [1.29, 1.82) is 0 Å². The summed E-state index contributed by atoms with van der Waals surface area (Å²) in [6.45, 7) is 4.67. The minimum atomic E-state index is -1.27. The smallest absolute Gasteiger partial charge is 0.324 e. The summed E-state index contributed by atoms with van der Waals surface area (Å²) in [6.07, 6.45) is 0. The maximum Gasteiger partial charge on any atom is 0.325 e. The van der Waals surface area contributed by atoms with Gasteiger partial charge in [-0.3, -0.25) is 24.6 Å². The largest absolute Gasteiger partial charge is 0.325 e. The third-order valence-corrected chi connectivity index (χ3v) is 4.91. The second kappa shape index (κ2) is 7.34. The number of hydrogen-bond acceptors (Lipinski definition) is 5. The molecule has 2 N–H and O–H groups in total. The van der Waals surface area contributed by atoms with Crippen LogP contribution in [-0.2, 0) is 15.1 Å². The quantitative estimate of drug-likeness (QED) is 0.457. The molecule has 1 heterocycles. The SMILES string of the molecule is Cc1ccc([C@]2(C)NC(=O)N(CC(=O)Nc3cc([N+](=O)[O-])ccc3C)C2=O)cc1. The molecule has 0 bridgehead atoms. The number of nitrogens with zero attached hydrogens (tertiary/aromatic N) is 2. The molecule has 4 amide bonds. The van der Waals surface area contributed by atoms with E-state index < -0.39 is 34.9 Å². The first-order valence-corrected chi connectivity index (χ1v) is 8.88. The van der Waals surface area contributed by atoms with Crippen LogP contribution in [0.1, 0.15) is 23.6 Å². The van der Waals surface area contributed by atoms with Crippen LogP contribution in [0.15, 0.2) is 42.5 Å². The monoisotopic (exact) mass is 396 g/mol. The molecule has 0 spiro atoms. The molecular weight excluding hydrogens is 376 g/mol. The Morgan fingerprint density at radius 2 is 1.83 bits per heavy atom. The van der Waals surface area contributed by atoms with Gasteiger partial charge in [0.15, 0.2) is 0 Å². The van der Waals surface area contributed by atoms with Crippen LogP contribution >= 0.6 is 0 Å². The first-order chi connectivity index (χ1) is 13.6. The molecule has 1 saturated heterocycles. The van der Waals surface area contributed by atoms with E-state index in [1.807, 2.05) is 19.1 Å². The minimum Gasteiger partial charge on any atom is -0.324 e. The second-order valence-corrected chi connectivity index (χ2v) is 7.12. The number of rotatable bonds is 5. The number of nitrogens with one attached hydrogen (secondary N) is 2. The van der Waals surface area contributed by atoms with E-state index in [0.717, 1.165) is 10.5 Å². The average Bonchev–Trinajstić information content (AvgIpc) is 2.88. The van der Waals surface area contributed by atoms with Gasteiger partial charge in [0.1, 0.15) is 12.1 Å². The number of carbonyl (C=O) groups is 3. The molecule has 0 saturated carbocycles. The zero-order valence-corrected chi connectivity index (χ0v) is 16.2. The van der Waals surface area contributed by atoms with Crippen LogP contribution in [0.3, 0.4) is 0 Å². The Morgan fingerprint density at radius 3 is 2.45 bits per heavy atom. The molecule has 0 radical (unpaired) electrons. The number of amides is 4. The van der Waals surface area contributed by atoms with Gasteiger partial charge in [0.05, 0.1) is 10.6 Å². The fourth-order valence-electron chi connectivity index (χ4n) is 3.11. The Hall–Kier alpha value is -3.75. The van der Waals surface area contributed by atoms with Crippen molar-refractivity contribution in [3.05, 3.63) is 69.3 Å². The summed E-state index contributed by atoms with van der Waals surface area (Å²) >= 11 is 0. The van der Waals surface area contributed by atoms with Crippen molar-refractivity contribution in [2.75, 3.05) is 11.9 Å². The third kappa shape index (κ3) is 3.79. The number of nitro groups is 1. The van der Waals surface area contributed by atoms with Gasteiger partial charge in [-0.05, 0) is 31.9 Å². The Kier molecular flexibility index (Phi) is 5.06. The number of hydrogen-bond donors (Lipinski definition) is 2.